The Balaban J connectivity index is 2.30. The maximum absolute atomic E-state index is 12.8. The SMILES string of the molecule is Cc1ccc([N+](=O)[O-])cc1C(=O)N(C)C(C)c1ccc(S(N)(=O)=O)cc1. The number of rotatable bonds is 5. The van der Waals surface area contributed by atoms with Gasteiger partial charge in [-0.05, 0) is 37.1 Å². The number of nitro benzene ring substituents is 1. The van der Waals surface area contributed by atoms with Gasteiger partial charge in [0, 0.05) is 24.7 Å². The maximum Gasteiger partial charge on any atom is 0.270 e. The van der Waals surface area contributed by atoms with Crippen LogP contribution in [0.3, 0.4) is 0 Å². The highest BCUT2D eigenvalue weighted by Gasteiger charge is 2.22. The zero-order valence-corrected chi connectivity index (χ0v) is 15.4. The topological polar surface area (TPSA) is 124 Å². The van der Waals surface area contributed by atoms with Gasteiger partial charge in [-0.1, -0.05) is 18.2 Å². The molecule has 0 aliphatic rings. The molecule has 0 bridgehead atoms. The highest BCUT2D eigenvalue weighted by Crippen LogP contribution is 2.25. The van der Waals surface area contributed by atoms with Crippen LogP contribution in [0.25, 0.3) is 0 Å². The fourth-order valence-corrected chi connectivity index (χ4v) is 2.99. The van der Waals surface area contributed by atoms with Crippen molar-refractivity contribution in [1.82, 2.24) is 4.90 Å². The molecule has 0 fully saturated rings. The molecule has 0 radical (unpaired) electrons. The van der Waals surface area contributed by atoms with E-state index in [1.54, 1.807) is 33.0 Å². The lowest BCUT2D eigenvalue weighted by atomic mass is 10.0. The number of hydrogen-bond acceptors (Lipinski definition) is 5. The summed E-state index contributed by atoms with van der Waals surface area (Å²) in [6.07, 6.45) is 0. The maximum atomic E-state index is 12.8. The van der Waals surface area contributed by atoms with Crippen LogP contribution in [-0.2, 0) is 10.0 Å². The fourth-order valence-electron chi connectivity index (χ4n) is 2.48. The minimum absolute atomic E-state index is 0.0167. The van der Waals surface area contributed by atoms with Crippen LogP contribution in [0.5, 0.6) is 0 Å². The average Bonchev–Trinajstić information content (AvgIpc) is 2.59. The molecule has 2 N–H and O–H groups in total. The van der Waals surface area contributed by atoms with Gasteiger partial charge in [0.15, 0.2) is 0 Å². The smallest absolute Gasteiger partial charge is 0.270 e. The Bertz CT molecular complexity index is 955. The summed E-state index contributed by atoms with van der Waals surface area (Å²) in [4.78, 5) is 24.6. The van der Waals surface area contributed by atoms with E-state index in [0.29, 0.717) is 11.1 Å². The highest BCUT2D eigenvalue weighted by molar-refractivity contribution is 7.89. The van der Waals surface area contributed by atoms with Crippen molar-refractivity contribution in [3.8, 4) is 0 Å². The molecule has 2 aromatic rings. The molecule has 2 rings (SSSR count). The first-order valence-electron chi connectivity index (χ1n) is 7.67. The summed E-state index contributed by atoms with van der Waals surface area (Å²) in [5, 5.41) is 16.0. The molecule has 9 heteroatoms. The number of carbonyl (C=O) groups excluding carboxylic acids is 1. The van der Waals surface area contributed by atoms with E-state index in [9.17, 15) is 23.3 Å². The molecule has 0 saturated carbocycles. The summed E-state index contributed by atoms with van der Waals surface area (Å²) in [6, 6.07) is 9.66. The minimum atomic E-state index is -3.79. The number of benzene rings is 2. The molecule has 1 unspecified atom stereocenters. The molecule has 0 heterocycles. The fraction of sp³-hybridized carbons (Fsp3) is 0.235. The summed E-state index contributed by atoms with van der Waals surface area (Å²) < 4.78 is 22.6. The molecule has 26 heavy (non-hydrogen) atoms. The van der Waals surface area contributed by atoms with E-state index in [4.69, 9.17) is 5.14 Å². The zero-order chi connectivity index (χ0) is 19.6. The lowest BCUT2D eigenvalue weighted by Gasteiger charge is -2.26. The first-order valence-corrected chi connectivity index (χ1v) is 9.22. The summed E-state index contributed by atoms with van der Waals surface area (Å²) in [7, 11) is -2.21. The Labute approximate surface area is 151 Å². The highest BCUT2D eigenvalue weighted by atomic mass is 32.2. The minimum Gasteiger partial charge on any atom is -0.335 e. The van der Waals surface area contributed by atoms with Crippen LogP contribution in [0, 0.1) is 17.0 Å². The Kier molecular flexibility index (Phi) is 5.43. The zero-order valence-electron chi connectivity index (χ0n) is 14.5. The largest absolute Gasteiger partial charge is 0.335 e. The van der Waals surface area contributed by atoms with Crippen molar-refractivity contribution in [1.29, 1.82) is 0 Å². The third-order valence-electron chi connectivity index (χ3n) is 4.25. The lowest BCUT2D eigenvalue weighted by Crippen LogP contribution is -2.30. The third-order valence-corrected chi connectivity index (χ3v) is 5.18. The number of amides is 1. The molecule has 2 aromatic carbocycles. The first kappa shape index (κ1) is 19.5. The van der Waals surface area contributed by atoms with Crippen LogP contribution in [0.2, 0.25) is 0 Å². The molecule has 138 valence electrons. The summed E-state index contributed by atoms with van der Waals surface area (Å²) in [5.41, 5.74) is 1.42. The monoisotopic (exact) mass is 377 g/mol. The van der Waals surface area contributed by atoms with Crippen LogP contribution in [0.4, 0.5) is 5.69 Å². The predicted octanol–water partition coefficient (Wildman–Crippen LogP) is 2.38. The van der Waals surface area contributed by atoms with Gasteiger partial charge in [0.05, 0.1) is 15.9 Å². The van der Waals surface area contributed by atoms with E-state index in [1.165, 1.54) is 35.2 Å². The Morgan fingerprint density at radius 3 is 2.27 bits per heavy atom. The van der Waals surface area contributed by atoms with Gasteiger partial charge in [-0.3, -0.25) is 14.9 Å². The molecular formula is C17H19N3O5S. The number of sulfonamides is 1. The molecule has 1 atom stereocenters. The van der Waals surface area contributed by atoms with Crippen LogP contribution in [0.15, 0.2) is 47.4 Å². The Morgan fingerprint density at radius 2 is 1.77 bits per heavy atom. The molecule has 0 spiro atoms. The lowest BCUT2D eigenvalue weighted by molar-refractivity contribution is -0.384. The Hall–Kier alpha value is -2.78. The van der Waals surface area contributed by atoms with Gasteiger partial charge in [-0.2, -0.15) is 0 Å². The van der Waals surface area contributed by atoms with E-state index < -0.39 is 14.9 Å². The normalized spacial score (nSPS) is 12.5. The van der Waals surface area contributed by atoms with Gasteiger partial charge in [-0.25, -0.2) is 13.6 Å². The number of aryl methyl sites for hydroxylation is 1. The van der Waals surface area contributed by atoms with E-state index in [-0.39, 0.29) is 28.1 Å². The number of nitrogens with zero attached hydrogens (tertiary/aromatic N) is 2. The second-order valence-corrected chi connectivity index (χ2v) is 7.52. The number of nitrogens with two attached hydrogens (primary N) is 1. The van der Waals surface area contributed by atoms with Crippen LogP contribution >= 0.6 is 0 Å². The van der Waals surface area contributed by atoms with E-state index in [1.807, 2.05) is 0 Å². The van der Waals surface area contributed by atoms with E-state index in [0.717, 1.165) is 0 Å². The number of carbonyl (C=O) groups is 1. The first-order chi connectivity index (χ1) is 12.0. The van der Waals surface area contributed by atoms with Crippen LogP contribution in [0.1, 0.15) is 34.5 Å². The standard InChI is InChI=1S/C17H19N3O5S/c1-11-4-7-14(20(22)23)10-16(11)17(21)19(3)12(2)13-5-8-15(9-6-13)26(18,24)25/h4-10,12H,1-3H3,(H2,18,24,25). The number of non-ortho nitro benzene ring substituents is 1. The van der Waals surface area contributed by atoms with Gasteiger partial charge in [-0.15, -0.1) is 0 Å². The number of hydrogen-bond donors (Lipinski definition) is 1. The average molecular weight is 377 g/mol. The summed E-state index contributed by atoms with van der Waals surface area (Å²) >= 11 is 0. The van der Waals surface area contributed by atoms with Crippen molar-refractivity contribution in [2.24, 2.45) is 5.14 Å². The molecule has 1 amide bonds. The van der Waals surface area contributed by atoms with Crippen LogP contribution < -0.4 is 5.14 Å². The molecule has 0 aliphatic heterocycles. The molecule has 0 aromatic heterocycles. The quantitative estimate of drug-likeness (QED) is 0.633. The second-order valence-electron chi connectivity index (χ2n) is 5.96. The van der Waals surface area contributed by atoms with Crippen molar-refractivity contribution in [2.45, 2.75) is 24.8 Å². The number of primary sulfonamides is 1. The Morgan fingerprint density at radius 1 is 1.19 bits per heavy atom. The van der Waals surface area contributed by atoms with Crippen molar-refractivity contribution in [3.05, 3.63) is 69.3 Å². The van der Waals surface area contributed by atoms with Gasteiger partial charge in [0.2, 0.25) is 10.0 Å². The molecule has 0 saturated heterocycles. The molecular weight excluding hydrogens is 358 g/mol. The number of nitro groups is 1. The van der Waals surface area contributed by atoms with Crippen molar-refractivity contribution >= 4 is 21.6 Å². The van der Waals surface area contributed by atoms with Gasteiger partial charge >= 0.3 is 0 Å². The summed E-state index contributed by atoms with van der Waals surface area (Å²) in [6.45, 7) is 3.48. The third kappa shape index (κ3) is 4.06. The van der Waals surface area contributed by atoms with Crippen molar-refractivity contribution in [2.75, 3.05) is 7.05 Å². The van der Waals surface area contributed by atoms with Gasteiger partial charge in [0.25, 0.3) is 11.6 Å². The van der Waals surface area contributed by atoms with Crippen LogP contribution in [-0.4, -0.2) is 31.2 Å². The predicted molar refractivity (Wildman–Crippen MR) is 96.2 cm³/mol. The summed E-state index contributed by atoms with van der Waals surface area (Å²) in [5.74, 6) is -0.366. The molecule has 0 aliphatic carbocycles. The van der Waals surface area contributed by atoms with E-state index in [2.05, 4.69) is 0 Å². The molecule has 8 nitrogen and oxygen atoms in total. The second kappa shape index (κ2) is 7.22. The van der Waals surface area contributed by atoms with E-state index >= 15 is 0 Å². The van der Waals surface area contributed by atoms with Gasteiger partial charge < -0.3 is 4.90 Å². The van der Waals surface area contributed by atoms with Gasteiger partial charge in [0.1, 0.15) is 0 Å². The van der Waals surface area contributed by atoms with Crippen molar-refractivity contribution in [3.63, 3.8) is 0 Å². The van der Waals surface area contributed by atoms with Crippen molar-refractivity contribution < 1.29 is 18.1 Å².